The molecule has 2 aliphatic rings. The molecule has 1 unspecified atom stereocenters. The number of nitrogens with zero attached hydrogens (tertiary/aromatic N) is 1. The third kappa shape index (κ3) is 1.31. The average molecular weight is 189 g/mol. The van der Waals surface area contributed by atoms with Gasteiger partial charge in [0.25, 0.3) is 0 Å². The van der Waals surface area contributed by atoms with Crippen LogP contribution in [-0.4, -0.2) is 22.6 Å². The average Bonchev–Trinajstić information content (AvgIpc) is 2.17. The molecule has 1 aliphatic carbocycles. The topological polar surface area (TPSA) is 66.7 Å². The first-order valence-electron chi connectivity index (χ1n) is 4.11. The molecule has 1 atom stereocenters. The monoisotopic (exact) mass is 189 g/mol. The number of rotatable bonds is 1. The molecule has 1 N–H and O–H groups in total. The molecule has 0 aromatic heterocycles. The standard InChI is InChI=1S/C10H7NO3/c12-9-5-8(10(13)14)11-7-4-2-1-3-6(7)9/h1-6H,(H,13,14). The Kier molecular flexibility index (Phi) is 1.89. The molecule has 1 heterocycles. The zero-order valence-electron chi connectivity index (χ0n) is 7.18. The number of allylic oxidation sites excluding steroid dienone is 5. The van der Waals surface area contributed by atoms with Crippen molar-refractivity contribution in [2.75, 3.05) is 0 Å². The van der Waals surface area contributed by atoms with Crippen molar-refractivity contribution in [1.82, 2.24) is 0 Å². The van der Waals surface area contributed by atoms with Gasteiger partial charge in [0.15, 0.2) is 11.5 Å². The molecule has 0 aromatic rings. The molecule has 0 amide bonds. The lowest BCUT2D eigenvalue weighted by Gasteiger charge is -2.16. The Morgan fingerprint density at radius 3 is 2.93 bits per heavy atom. The molecule has 0 bridgehead atoms. The number of fused-ring (bicyclic) bond motifs is 1. The second-order valence-electron chi connectivity index (χ2n) is 3.00. The second kappa shape index (κ2) is 3.06. The molecule has 1 aliphatic heterocycles. The Balaban J connectivity index is 2.43. The Morgan fingerprint density at radius 1 is 1.43 bits per heavy atom. The predicted molar refractivity (Wildman–Crippen MR) is 49.9 cm³/mol. The number of carbonyl (C=O) groups excluding carboxylic acids is 1. The van der Waals surface area contributed by atoms with E-state index in [0.717, 1.165) is 6.08 Å². The zero-order chi connectivity index (χ0) is 10.1. The van der Waals surface area contributed by atoms with Gasteiger partial charge in [-0.3, -0.25) is 4.79 Å². The van der Waals surface area contributed by atoms with Crippen molar-refractivity contribution in [2.45, 2.75) is 0 Å². The number of aliphatic imine (C=N–C) groups is 1. The van der Waals surface area contributed by atoms with Crippen LogP contribution in [0.25, 0.3) is 0 Å². The van der Waals surface area contributed by atoms with E-state index in [9.17, 15) is 9.59 Å². The summed E-state index contributed by atoms with van der Waals surface area (Å²) in [6.45, 7) is 0. The van der Waals surface area contributed by atoms with Crippen molar-refractivity contribution in [1.29, 1.82) is 0 Å². The largest absolute Gasteiger partial charge is 0.477 e. The molecule has 0 aromatic carbocycles. The van der Waals surface area contributed by atoms with Gasteiger partial charge in [-0.15, -0.1) is 0 Å². The van der Waals surface area contributed by atoms with E-state index in [4.69, 9.17) is 5.11 Å². The van der Waals surface area contributed by atoms with Gasteiger partial charge in [-0.2, -0.15) is 0 Å². The smallest absolute Gasteiger partial charge is 0.354 e. The SMILES string of the molecule is O=C(O)C1=CC(=O)C2C=CC=CC2=N1. The van der Waals surface area contributed by atoms with E-state index in [2.05, 4.69) is 4.99 Å². The maximum absolute atomic E-state index is 11.4. The number of ketones is 1. The van der Waals surface area contributed by atoms with E-state index >= 15 is 0 Å². The summed E-state index contributed by atoms with van der Waals surface area (Å²) in [6, 6.07) is 0. The van der Waals surface area contributed by atoms with Gasteiger partial charge in [0.05, 0.1) is 11.6 Å². The molecule has 4 heteroatoms. The van der Waals surface area contributed by atoms with Crippen LogP contribution in [0.2, 0.25) is 0 Å². The van der Waals surface area contributed by atoms with Crippen LogP contribution >= 0.6 is 0 Å². The summed E-state index contributed by atoms with van der Waals surface area (Å²) in [4.78, 5) is 25.9. The molecule has 0 saturated heterocycles. The minimum Gasteiger partial charge on any atom is -0.477 e. The Labute approximate surface area is 80.0 Å². The van der Waals surface area contributed by atoms with Crippen LogP contribution < -0.4 is 0 Å². The van der Waals surface area contributed by atoms with Gasteiger partial charge in [0.1, 0.15) is 0 Å². The van der Waals surface area contributed by atoms with Crippen molar-refractivity contribution >= 4 is 17.5 Å². The summed E-state index contributed by atoms with van der Waals surface area (Å²) in [7, 11) is 0. The fourth-order valence-corrected chi connectivity index (χ4v) is 1.38. The second-order valence-corrected chi connectivity index (χ2v) is 3.00. The minimum absolute atomic E-state index is 0.193. The maximum atomic E-state index is 11.4. The molecule has 14 heavy (non-hydrogen) atoms. The molecule has 70 valence electrons. The van der Waals surface area contributed by atoms with Gasteiger partial charge in [-0.25, -0.2) is 9.79 Å². The van der Waals surface area contributed by atoms with Crippen LogP contribution in [0.15, 0.2) is 41.1 Å². The van der Waals surface area contributed by atoms with Crippen LogP contribution in [-0.2, 0) is 9.59 Å². The van der Waals surface area contributed by atoms with Crippen molar-refractivity contribution in [2.24, 2.45) is 10.9 Å². The van der Waals surface area contributed by atoms with Crippen molar-refractivity contribution in [3.8, 4) is 0 Å². The lowest BCUT2D eigenvalue weighted by atomic mass is 9.91. The summed E-state index contributed by atoms with van der Waals surface area (Å²) in [5, 5.41) is 8.68. The summed E-state index contributed by atoms with van der Waals surface area (Å²) < 4.78 is 0. The minimum atomic E-state index is -1.17. The Hall–Kier alpha value is -1.97. The van der Waals surface area contributed by atoms with Crippen LogP contribution in [0.5, 0.6) is 0 Å². The number of aliphatic carboxylic acids is 1. The summed E-state index contributed by atoms with van der Waals surface area (Å²) in [5.74, 6) is -1.80. The fourth-order valence-electron chi connectivity index (χ4n) is 1.38. The summed E-state index contributed by atoms with van der Waals surface area (Å²) >= 11 is 0. The van der Waals surface area contributed by atoms with Gasteiger partial charge in [0, 0.05) is 6.08 Å². The zero-order valence-corrected chi connectivity index (χ0v) is 7.18. The molecule has 0 saturated carbocycles. The van der Waals surface area contributed by atoms with E-state index in [-0.39, 0.29) is 11.5 Å². The van der Waals surface area contributed by atoms with Gasteiger partial charge in [-0.05, 0) is 6.08 Å². The number of hydrogen-bond donors (Lipinski definition) is 1. The number of carboxylic acid groups (broad SMARTS) is 1. The molecule has 0 spiro atoms. The van der Waals surface area contributed by atoms with Gasteiger partial charge >= 0.3 is 5.97 Å². The summed E-state index contributed by atoms with van der Waals surface area (Å²) in [6.07, 6.45) is 7.91. The van der Waals surface area contributed by atoms with Crippen LogP contribution in [0.3, 0.4) is 0 Å². The van der Waals surface area contributed by atoms with Crippen molar-refractivity contribution < 1.29 is 14.7 Å². The number of carboxylic acids is 1. The molecule has 0 radical (unpaired) electrons. The quantitative estimate of drug-likeness (QED) is 0.660. The molecule has 0 fully saturated rings. The number of carbonyl (C=O) groups is 2. The molecule has 4 nitrogen and oxygen atoms in total. The first-order chi connectivity index (χ1) is 6.68. The van der Waals surface area contributed by atoms with Crippen molar-refractivity contribution in [3.05, 3.63) is 36.1 Å². The molecular weight excluding hydrogens is 182 g/mol. The van der Waals surface area contributed by atoms with E-state index < -0.39 is 11.9 Å². The molecular formula is C10H7NO3. The number of hydrogen-bond acceptors (Lipinski definition) is 3. The highest BCUT2D eigenvalue weighted by Gasteiger charge is 2.26. The molecule has 2 rings (SSSR count). The highest BCUT2D eigenvalue weighted by Crippen LogP contribution is 2.19. The van der Waals surface area contributed by atoms with Crippen molar-refractivity contribution in [3.63, 3.8) is 0 Å². The maximum Gasteiger partial charge on any atom is 0.354 e. The highest BCUT2D eigenvalue weighted by atomic mass is 16.4. The first-order valence-corrected chi connectivity index (χ1v) is 4.11. The predicted octanol–water partition coefficient (Wildman–Crippen LogP) is 0.721. The van der Waals surface area contributed by atoms with E-state index in [1.165, 1.54) is 0 Å². The highest BCUT2D eigenvalue weighted by molar-refractivity contribution is 6.20. The van der Waals surface area contributed by atoms with Crippen LogP contribution in [0, 0.1) is 5.92 Å². The van der Waals surface area contributed by atoms with E-state index in [1.807, 2.05) is 0 Å². The lowest BCUT2D eigenvalue weighted by molar-refractivity contribution is -0.133. The summed E-state index contributed by atoms with van der Waals surface area (Å²) in [5.41, 5.74) is 0.304. The third-order valence-electron chi connectivity index (χ3n) is 2.05. The van der Waals surface area contributed by atoms with Crippen LogP contribution in [0.1, 0.15) is 0 Å². The normalized spacial score (nSPS) is 24.0. The van der Waals surface area contributed by atoms with E-state index in [0.29, 0.717) is 5.71 Å². The van der Waals surface area contributed by atoms with Crippen LogP contribution in [0.4, 0.5) is 0 Å². The lowest BCUT2D eigenvalue weighted by Crippen LogP contribution is -2.25. The third-order valence-corrected chi connectivity index (χ3v) is 2.05. The van der Waals surface area contributed by atoms with Gasteiger partial charge in [0.2, 0.25) is 0 Å². The fraction of sp³-hybridized carbons (Fsp3) is 0.100. The van der Waals surface area contributed by atoms with E-state index in [1.54, 1.807) is 24.3 Å². The Morgan fingerprint density at radius 2 is 2.21 bits per heavy atom. The Bertz CT molecular complexity index is 427. The first kappa shape index (κ1) is 8.62. The van der Waals surface area contributed by atoms with Gasteiger partial charge < -0.3 is 5.11 Å². The van der Waals surface area contributed by atoms with Gasteiger partial charge in [-0.1, -0.05) is 18.2 Å².